The van der Waals surface area contributed by atoms with E-state index in [0.29, 0.717) is 38.5 Å². The number of Topliss-reactive ketones (excluding diaryl/α,β-unsaturated/α-hetero) is 1. The Labute approximate surface area is 475 Å². The molecule has 26 nitrogen and oxygen atoms in total. The molecule has 0 bridgehead atoms. The molecular formula is C56H88O26. The summed E-state index contributed by atoms with van der Waals surface area (Å²) < 4.78 is 64.6. The highest BCUT2D eigenvalue weighted by Gasteiger charge is 2.80. The van der Waals surface area contributed by atoms with Crippen molar-refractivity contribution in [3.05, 3.63) is 11.6 Å². The SMILES string of the molecule is CO[C@@H]1[C@@H](O)[C@H](O[C@@H]2[C@@H](O)[C@H](O[C@H]3[C@H](O)[C@@H](O)[C@H](O[C@H]4[C@H](O[C@H]5CC[C@]6(C)C7=C[C@H](O)[C@]89C(=O)O[C@@](C)(C(=O)CCC(C)(C)OC(C)=O)[C@H]8CC[C@@]9(C)[C@@H]7CC[C@H]6C5(C)C)OC[C@H](O)[C@@H]4O)O[C@@H]3CO)O[C@H](CO)[C@H]2O)O[C@H](CO)[C@H]1O. The van der Waals surface area contributed by atoms with Crippen LogP contribution in [-0.4, -0.2) is 253 Å². The summed E-state index contributed by atoms with van der Waals surface area (Å²) in [5.41, 5.74) is -4.68. The lowest BCUT2D eigenvalue weighted by Crippen LogP contribution is -2.67. The lowest BCUT2D eigenvalue weighted by atomic mass is 9.40. The van der Waals surface area contributed by atoms with E-state index >= 15 is 0 Å². The van der Waals surface area contributed by atoms with Gasteiger partial charge in [-0.05, 0) is 93.8 Å². The number of aliphatic hydroxyl groups excluding tert-OH is 12. The fourth-order valence-electron chi connectivity index (χ4n) is 16.4. The Balaban J connectivity index is 0.882. The molecule has 0 radical (unpaired) electrons. The third-order valence-electron chi connectivity index (χ3n) is 20.8. The minimum Gasteiger partial charge on any atom is -0.460 e. The van der Waals surface area contributed by atoms with E-state index in [1.807, 2.05) is 6.08 Å². The zero-order chi connectivity index (χ0) is 60.1. The van der Waals surface area contributed by atoms with Gasteiger partial charge in [0, 0.05) is 26.4 Å². The number of esters is 2. The first kappa shape index (κ1) is 64.0. The maximum absolute atomic E-state index is 14.6. The number of aliphatic hydroxyl groups is 12. The molecule has 12 N–H and O–H groups in total. The van der Waals surface area contributed by atoms with E-state index in [-0.39, 0.29) is 37.1 Å². The van der Waals surface area contributed by atoms with Crippen molar-refractivity contribution in [2.75, 3.05) is 33.5 Å². The second-order valence-electron chi connectivity index (χ2n) is 26.2. The summed E-state index contributed by atoms with van der Waals surface area (Å²) >= 11 is 0. The molecule has 28 atom stereocenters. The van der Waals surface area contributed by atoms with E-state index < -0.39 is 199 Å². The molecule has 0 unspecified atom stereocenters. The molecule has 9 rings (SSSR count). The van der Waals surface area contributed by atoms with Gasteiger partial charge >= 0.3 is 11.9 Å². The number of hydrogen-bond donors (Lipinski definition) is 12. The minimum absolute atomic E-state index is 0.00147. The normalized spacial score (nSPS) is 50.1. The molecule has 8 fully saturated rings. The second kappa shape index (κ2) is 23.6. The van der Waals surface area contributed by atoms with E-state index in [2.05, 4.69) is 27.7 Å². The molecule has 9 aliphatic rings. The molecule has 0 aromatic carbocycles. The molecule has 3 saturated carbocycles. The van der Waals surface area contributed by atoms with Crippen molar-refractivity contribution in [1.82, 2.24) is 0 Å². The molecule has 0 aromatic heterocycles. The highest BCUT2D eigenvalue weighted by Crippen LogP contribution is 2.76. The van der Waals surface area contributed by atoms with Crippen LogP contribution in [0.3, 0.4) is 0 Å². The number of ketones is 1. The van der Waals surface area contributed by atoms with Gasteiger partial charge in [0.2, 0.25) is 0 Å². The molecule has 0 amide bonds. The Bertz CT molecular complexity index is 2340. The van der Waals surface area contributed by atoms with Crippen LogP contribution >= 0.6 is 0 Å². The Morgan fingerprint density at radius 3 is 1.83 bits per heavy atom. The predicted molar refractivity (Wildman–Crippen MR) is 275 cm³/mol. The molecule has 82 heavy (non-hydrogen) atoms. The zero-order valence-electron chi connectivity index (χ0n) is 48.0. The van der Waals surface area contributed by atoms with Crippen molar-refractivity contribution < 1.29 is 128 Å². The van der Waals surface area contributed by atoms with Gasteiger partial charge in [-0.3, -0.25) is 14.4 Å². The maximum Gasteiger partial charge on any atom is 0.317 e. The van der Waals surface area contributed by atoms with Crippen LogP contribution in [0.25, 0.3) is 0 Å². The molecule has 468 valence electrons. The van der Waals surface area contributed by atoms with Crippen LogP contribution in [0.5, 0.6) is 0 Å². The van der Waals surface area contributed by atoms with Crippen molar-refractivity contribution in [2.45, 2.75) is 247 Å². The van der Waals surface area contributed by atoms with Gasteiger partial charge in [0.15, 0.2) is 36.5 Å². The third kappa shape index (κ3) is 10.4. The summed E-state index contributed by atoms with van der Waals surface area (Å²) in [6.07, 6.45) is -28.4. The molecule has 5 saturated heterocycles. The van der Waals surface area contributed by atoms with E-state index in [0.717, 1.165) is 5.57 Å². The highest BCUT2D eigenvalue weighted by atomic mass is 16.8. The van der Waals surface area contributed by atoms with Crippen LogP contribution in [0, 0.1) is 39.4 Å². The van der Waals surface area contributed by atoms with Crippen LogP contribution in [0.15, 0.2) is 11.6 Å². The van der Waals surface area contributed by atoms with Gasteiger partial charge < -0.3 is 113 Å². The smallest absolute Gasteiger partial charge is 0.317 e. The van der Waals surface area contributed by atoms with Gasteiger partial charge in [0.05, 0.1) is 38.6 Å². The largest absolute Gasteiger partial charge is 0.460 e. The van der Waals surface area contributed by atoms with E-state index in [1.54, 1.807) is 20.8 Å². The number of hydrogen-bond acceptors (Lipinski definition) is 26. The summed E-state index contributed by atoms with van der Waals surface area (Å²) in [6, 6.07) is 0. The van der Waals surface area contributed by atoms with Crippen LogP contribution in [0.2, 0.25) is 0 Å². The number of methoxy groups -OCH3 is 1. The highest BCUT2D eigenvalue weighted by molar-refractivity contribution is 5.96. The van der Waals surface area contributed by atoms with Gasteiger partial charge in [-0.25, -0.2) is 0 Å². The van der Waals surface area contributed by atoms with Crippen molar-refractivity contribution >= 4 is 17.7 Å². The number of fused-ring (bicyclic) bond motifs is 4. The predicted octanol–water partition coefficient (Wildman–Crippen LogP) is -2.50. The van der Waals surface area contributed by atoms with Gasteiger partial charge in [-0.1, -0.05) is 39.3 Å². The first-order chi connectivity index (χ1) is 38.4. The molecule has 26 heteroatoms. The van der Waals surface area contributed by atoms with Crippen LogP contribution in [0.4, 0.5) is 0 Å². The number of cyclic esters (lactones) is 1. The quantitative estimate of drug-likeness (QED) is 0.0407. The van der Waals surface area contributed by atoms with Gasteiger partial charge in [-0.15, -0.1) is 0 Å². The fourth-order valence-corrected chi connectivity index (χ4v) is 16.4. The monoisotopic (exact) mass is 1180 g/mol. The summed E-state index contributed by atoms with van der Waals surface area (Å²) in [6.45, 7) is 11.9. The summed E-state index contributed by atoms with van der Waals surface area (Å²) in [4.78, 5) is 40.5. The zero-order valence-corrected chi connectivity index (χ0v) is 48.0. The van der Waals surface area contributed by atoms with Crippen molar-refractivity contribution in [3.8, 4) is 0 Å². The van der Waals surface area contributed by atoms with E-state index in [1.165, 1.54) is 14.0 Å². The standard InChI is InChI=1S/C56H88O26/c1-23(60)81-51(2,3)15-13-32(62)55(8)31-12-17-54(7)24-10-11-30-52(4,5)34(14-16-53(30,6)25(24)18-33(63)56(31,54)50(71)82-55)77-49-45(35(64)26(61)22-73-49)80-46-39(68)38(67)42(29(21-59)76-46)78-48-41(70)44(37(66)28(20-58)75-48)79-47-40(69)43(72-9)36(65)27(19-57)74-47/h18,24,26-31,33-49,57-59,61,63-70H,10-17,19-22H2,1-9H3/t24-,26+,27-,28-,29-,30+,31-,33+,34+,35+,36-,37-,38-,39-,40-,41-,42-,43+,44+,45-,46+,47+,48+,49+,53-,54+,55-,56+/m1/s1. The molecule has 5 heterocycles. The first-order valence-electron chi connectivity index (χ1n) is 28.8. The Kier molecular flexibility index (Phi) is 18.4. The second-order valence-corrected chi connectivity index (χ2v) is 26.2. The van der Waals surface area contributed by atoms with E-state index in [9.17, 15) is 75.7 Å². The average Bonchev–Trinajstić information content (AvgIpc) is 1.47. The van der Waals surface area contributed by atoms with Gasteiger partial charge in [-0.2, -0.15) is 0 Å². The molecule has 5 aliphatic heterocycles. The van der Waals surface area contributed by atoms with Crippen molar-refractivity contribution in [3.63, 3.8) is 0 Å². The van der Waals surface area contributed by atoms with Crippen molar-refractivity contribution in [1.29, 1.82) is 0 Å². The fraction of sp³-hybridized carbons (Fsp3) is 0.911. The number of allylic oxidation sites excluding steroid dienone is 1. The first-order valence-corrected chi connectivity index (χ1v) is 28.8. The lowest BCUT2D eigenvalue weighted by molar-refractivity contribution is -0.392. The number of carbonyl (C=O) groups excluding carboxylic acids is 3. The average molecular weight is 1180 g/mol. The van der Waals surface area contributed by atoms with Crippen LogP contribution < -0.4 is 0 Å². The Hall–Kier alpha value is -2.49. The lowest BCUT2D eigenvalue weighted by Gasteiger charge is -2.64. The van der Waals surface area contributed by atoms with Crippen molar-refractivity contribution in [2.24, 2.45) is 39.4 Å². The van der Waals surface area contributed by atoms with Gasteiger partial charge in [0.25, 0.3) is 0 Å². The third-order valence-corrected chi connectivity index (χ3v) is 20.8. The Morgan fingerprint density at radius 2 is 1.22 bits per heavy atom. The maximum atomic E-state index is 14.6. The Morgan fingerprint density at radius 1 is 0.646 bits per heavy atom. The summed E-state index contributed by atoms with van der Waals surface area (Å²) in [5.74, 6) is -2.16. The minimum atomic E-state index is -2.03. The van der Waals surface area contributed by atoms with E-state index in [4.69, 9.17) is 52.1 Å². The number of carbonyl (C=O) groups is 3. The molecule has 0 aromatic rings. The topological polar surface area (TPSA) is 396 Å². The number of rotatable bonds is 17. The van der Waals surface area contributed by atoms with Gasteiger partial charge in [0.1, 0.15) is 103 Å². The summed E-state index contributed by atoms with van der Waals surface area (Å²) in [5, 5.41) is 133. The van der Waals surface area contributed by atoms with Crippen LogP contribution in [-0.2, 0) is 66.5 Å². The summed E-state index contributed by atoms with van der Waals surface area (Å²) in [7, 11) is 1.18. The molecule has 1 spiro atoms. The van der Waals surface area contributed by atoms with Crippen LogP contribution in [0.1, 0.15) is 107 Å². The number of ether oxygens (including phenoxy) is 11. The molecule has 4 aliphatic carbocycles. The molecular weight excluding hydrogens is 1090 g/mol.